The molecule has 1 aromatic heterocycles. The van der Waals surface area contributed by atoms with Crippen LogP contribution in [0.5, 0.6) is 0 Å². The summed E-state index contributed by atoms with van der Waals surface area (Å²) in [6, 6.07) is 7.41. The number of aliphatic hydroxyl groups excluding tert-OH is 2. The van der Waals surface area contributed by atoms with Crippen LogP contribution in [0.2, 0.25) is 0 Å². The molecule has 0 saturated carbocycles. The number of para-hydroxylation sites is 1. The number of aliphatic hydroxyl groups is 2. The Morgan fingerprint density at radius 3 is 2.88 bits per heavy atom. The van der Waals surface area contributed by atoms with Gasteiger partial charge in [0.2, 0.25) is 5.82 Å². The molecule has 4 N–H and O–H groups in total. The molecule has 7 heteroatoms. The van der Waals surface area contributed by atoms with Gasteiger partial charge in [0, 0.05) is 17.8 Å². The van der Waals surface area contributed by atoms with Crippen LogP contribution in [0.25, 0.3) is 11.4 Å². The Morgan fingerprint density at radius 1 is 1.35 bits per heavy atom. The topological polar surface area (TPSA) is 107 Å². The van der Waals surface area contributed by atoms with E-state index >= 15 is 0 Å². The van der Waals surface area contributed by atoms with Gasteiger partial charge in [-0.25, -0.2) is 0 Å². The number of H-pyrrole nitrogens is 1. The summed E-state index contributed by atoms with van der Waals surface area (Å²) < 4.78 is 0. The third kappa shape index (κ3) is 2.77. The first-order chi connectivity index (χ1) is 8.31. The summed E-state index contributed by atoms with van der Waals surface area (Å²) in [5, 5.41) is 34.7. The molecule has 17 heavy (non-hydrogen) atoms. The second kappa shape index (κ2) is 5.37. The number of hydrogen-bond acceptors (Lipinski definition) is 6. The third-order valence-corrected chi connectivity index (χ3v) is 2.25. The molecule has 0 radical (unpaired) electrons. The van der Waals surface area contributed by atoms with Gasteiger partial charge in [-0.2, -0.15) is 5.21 Å². The fourth-order valence-electron chi connectivity index (χ4n) is 1.40. The van der Waals surface area contributed by atoms with Crippen molar-refractivity contribution in [3.05, 3.63) is 24.3 Å². The fourth-order valence-corrected chi connectivity index (χ4v) is 1.40. The van der Waals surface area contributed by atoms with Crippen molar-refractivity contribution in [2.75, 3.05) is 18.5 Å². The Morgan fingerprint density at radius 2 is 2.18 bits per heavy atom. The van der Waals surface area contributed by atoms with Crippen molar-refractivity contribution in [1.29, 1.82) is 0 Å². The highest BCUT2D eigenvalue weighted by atomic mass is 16.3. The molecular weight excluding hydrogens is 222 g/mol. The van der Waals surface area contributed by atoms with Crippen molar-refractivity contribution >= 4 is 5.69 Å². The SMILES string of the molecule is OCC(O)CNc1ccccc1-c1nn[nH]n1. The van der Waals surface area contributed by atoms with Crippen LogP contribution in [-0.2, 0) is 0 Å². The van der Waals surface area contributed by atoms with E-state index in [1.165, 1.54) is 0 Å². The number of tetrazole rings is 1. The Hall–Kier alpha value is -1.99. The van der Waals surface area contributed by atoms with Gasteiger partial charge >= 0.3 is 0 Å². The Balaban J connectivity index is 2.17. The molecule has 1 unspecified atom stereocenters. The zero-order chi connectivity index (χ0) is 12.1. The number of nitrogens with zero attached hydrogens (tertiary/aromatic N) is 3. The molecule has 0 aliphatic heterocycles. The Labute approximate surface area is 97.5 Å². The van der Waals surface area contributed by atoms with Crippen LogP contribution in [0.15, 0.2) is 24.3 Å². The standard InChI is InChI=1S/C10H13N5O2/c16-6-7(17)5-11-9-4-2-1-3-8(9)10-12-14-15-13-10/h1-4,7,11,16-17H,5-6H2,(H,12,13,14,15). The molecule has 1 aromatic carbocycles. The Bertz CT molecular complexity index is 459. The van der Waals surface area contributed by atoms with Crippen LogP contribution in [0.1, 0.15) is 0 Å². The first kappa shape index (κ1) is 11.5. The van der Waals surface area contributed by atoms with E-state index in [4.69, 9.17) is 5.11 Å². The highest BCUT2D eigenvalue weighted by Crippen LogP contribution is 2.23. The van der Waals surface area contributed by atoms with Crippen molar-refractivity contribution in [3.63, 3.8) is 0 Å². The van der Waals surface area contributed by atoms with Gasteiger partial charge in [0.25, 0.3) is 0 Å². The number of aromatic nitrogens is 4. The van der Waals surface area contributed by atoms with Crippen LogP contribution >= 0.6 is 0 Å². The summed E-state index contributed by atoms with van der Waals surface area (Å²) in [7, 11) is 0. The molecule has 0 bridgehead atoms. The summed E-state index contributed by atoms with van der Waals surface area (Å²) in [6.45, 7) is -0.0251. The highest BCUT2D eigenvalue weighted by molar-refractivity contribution is 5.72. The normalized spacial score (nSPS) is 12.4. The minimum atomic E-state index is -0.798. The molecule has 1 heterocycles. The zero-order valence-electron chi connectivity index (χ0n) is 9.04. The number of nitrogens with one attached hydrogen (secondary N) is 2. The average molecular weight is 235 g/mol. The quantitative estimate of drug-likeness (QED) is 0.563. The van der Waals surface area contributed by atoms with Crippen LogP contribution in [-0.4, -0.2) is 50.1 Å². The Kier molecular flexibility index (Phi) is 3.63. The van der Waals surface area contributed by atoms with Crippen LogP contribution < -0.4 is 5.32 Å². The van der Waals surface area contributed by atoms with Crippen LogP contribution in [0.3, 0.4) is 0 Å². The van der Waals surface area contributed by atoms with Crippen molar-refractivity contribution in [1.82, 2.24) is 20.6 Å². The largest absolute Gasteiger partial charge is 0.394 e. The lowest BCUT2D eigenvalue weighted by Crippen LogP contribution is -2.23. The minimum absolute atomic E-state index is 0.255. The molecule has 2 rings (SSSR count). The van der Waals surface area contributed by atoms with Gasteiger partial charge in [0.1, 0.15) is 0 Å². The second-order valence-electron chi connectivity index (χ2n) is 3.50. The predicted octanol–water partition coefficient (Wildman–Crippen LogP) is -0.368. The summed E-state index contributed by atoms with van der Waals surface area (Å²) in [5.41, 5.74) is 1.56. The van der Waals surface area contributed by atoms with Gasteiger partial charge in [-0.05, 0) is 17.3 Å². The number of aromatic amines is 1. The smallest absolute Gasteiger partial charge is 0.206 e. The van der Waals surface area contributed by atoms with Crippen LogP contribution in [0.4, 0.5) is 5.69 Å². The molecule has 0 aliphatic carbocycles. The van der Waals surface area contributed by atoms with Gasteiger partial charge in [-0.1, -0.05) is 12.1 Å². The molecule has 90 valence electrons. The maximum Gasteiger partial charge on any atom is 0.206 e. The van der Waals surface area contributed by atoms with Crippen molar-refractivity contribution < 1.29 is 10.2 Å². The summed E-state index contributed by atoms with van der Waals surface area (Å²) in [6.07, 6.45) is -0.798. The third-order valence-electron chi connectivity index (χ3n) is 2.25. The zero-order valence-corrected chi connectivity index (χ0v) is 9.04. The first-order valence-corrected chi connectivity index (χ1v) is 5.17. The van der Waals surface area contributed by atoms with E-state index in [-0.39, 0.29) is 13.2 Å². The monoisotopic (exact) mass is 235 g/mol. The van der Waals surface area contributed by atoms with E-state index in [0.717, 1.165) is 11.3 Å². The summed E-state index contributed by atoms with van der Waals surface area (Å²) in [5.74, 6) is 0.478. The molecular formula is C10H13N5O2. The van der Waals surface area contributed by atoms with Crippen molar-refractivity contribution in [2.24, 2.45) is 0 Å². The lowest BCUT2D eigenvalue weighted by atomic mass is 10.1. The summed E-state index contributed by atoms with van der Waals surface area (Å²) >= 11 is 0. The molecule has 0 spiro atoms. The minimum Gasteiger partial charge on any atom is -0.394 e. The molecule has 0 aliphatic rings. The molecule has 1 atom stereocenters. The van der Waals surface area contributed by atoms with E-state index in [0.29, 0.717) is 5.82 Å². The number of hydrogen-bond donors (Lipinski definition) is 4. The van der Waals surface area contributed by atoms with Crippen molar-refractivity contribution in [3.8, 4) is 11.4 Å². The first-order valence-electron chi connectivity index (χ1n) is 5.17. The molecule has 2 aromatic rings. The van der Waals surface area contributed by atoms with Gasteiger partial charge in [-0.3, -0.25) is 0 Å². The van der Waals surface area contributed by atoms with E-state index in [2.05, 4.69) is 25.9 Å². The highest BCUT2D eigenvalue weighted by Gasteiger charge is 2.09. The van der Waals surface area contributed by atoms with Crippen LogP contribution in [0, 0.1) is 0 Å². The van der Waals surface area contributed by atoms with E-state index in [1.807, 2.05) is 24.3 Å². The lowest BCUT2D eigenvalue weighted by Gasteiger charge is -2.12. The van der Waals surface area contributed by atoms with Gasteiger partial charge < -0.3 is 15.5 Å². The van der Waals surface area contributed by atoms with E-state index < -0.39 is 6.10 Å². The van der Waals surface area contributed by atoms with E-state index in [1.54, 1.807) is 0 Å². The molecule has 7 nitrogen and oxygen atoms in total. The second-order valence-corrected chi connectivity index (χ2v) is 3.50. The predicted molar refractivity (Wildman–Crippen MR) is 61.2 cm³/mol. The summed E-state index contributed by atoms with van der Waals surface area (Å²) in [4.78, 5) is 0. The molecule has 0 saturated heterocycles. The lowest BCUT2D eigenvalue weighted by molar-refractivity contribution is 0.105. The van der Waals surface area contributed by atoms with E-state index in [9.17, 15) is 5.11 Å². The molecule has 0 amide bonds. The number of rotatable bonds is 5. The molecule has 0 fully saturated rings. The average Bonchev–Trinajstić information content (AvgIpc) is 2.90. The number of benzene rings is 1. The maximum atomic E-state index is 9.28. The maximum absolute atomic E-state index is 9.28. The van der Waals surface area contributed by atoms with Crippen molar-refractivity contribution in [2.45, 2.75) is 6.10 Å². The fraction of sp³-hybridized carbons (Fsp3) is 0.300. The number of anilines is 1. The van der Waals surface area contributed by atoms with Gasteiger partial charge in [0.05, 0.1) is 12.7 Å². The van der Waals surface area contributed by atoms with Gasteiger partial charge in [0.15, 0.2) is 0 Å². The van der Waals surface area contributed by atoms with Gasteiger partial charge in [-0.15, -0.1) is 10.2 Å².